The molecule has 0 radical (unpaired) electrons. The Hall–Kier alpha value is -1.89. The quantitative estimate of drug-likeness (QED) is 0.442. The van der Waals surface area contributed by atoms with Gasteiger partial charge < -0.3 is 14.9 Å². The molecule has 0 aliphatic heterocycles. The summed E-state index contributed by atoms with van der Waals surface area (Å²) in [4.78, 5) is 13.2. The molecule has 0 fully saturated rings. The van der Waals surface area contributed by atoms with Crippen LogP contribution in [0, 0.1) is 10.1 Å². The predicted octanol–water partition coefficient (Wildman–Crippen LogP) is 0.980. The van der Waals surface area contributed by atoms with Crippen molar-refractivity contribution in [2.24, 2.45) is 0 Å². The minimum absolute atomic E-state index is 0.342. The number of nitro groups is 1. The van der Waals surface area contributed by atoms with Crippen LogP contribution in [0.5, 0.6) is 11.6 Å². The third-order valence-electron chi connectivity index (χ3n) is 1.90. The highest BCUT2D eigenvalue weighted by atomic mass is 16.6. The monoisotopic (exact) mass is 228 g/mol. The Kier molecular flexibility index (Phi) is 4.01. The van der Waals surface area contributed by atoms with Gasteiger partial charge in [0.15, 0.2) is 0 Å². The lowest BCUT2D eigenvalue weighted by Crippen LogP contribution is -2.01. The Balaban J connectivity index is 2.87. The first-order valence-electron chi connectivity index (χ1n) is 4.70. The number of aromatic nitrogens is 1. The minimum atomic E-state index is -0.885. The summed E-state index contributed by atoms with van der Waals surface area (Å²) in [5.74, 6) is -1.37. The van der Waals surface area contributed by atoms with Crippen molar-refractivity contribution in [3.05, 3.63) is 21.9 Å². The molecule has 0 atom stereocenters. The molecular weight excluding hydrogens is 216 g/mol. The Bertz CT molecular complexity index is 370. The van der Waals surface area contributed by atoms with Gasteiger partial charge in [-0.1, -0.05) is 0 Å². The van der Waals surface area contributed by atoms with Gasteiger partial charge in [-0.3, -0.25) is 10.1 Å². The number of rotatable bonds is 5. The Morgan fingerprint density at radius 3 is 2.75 bits per heavy atom. The number of aromatic hydroxyl groups is 2. The zero-order valence-electron chi connectivity index (χ0n) is 8.71. The van der Waals surface area contributed by atoms with E-state index in [4.69, 9.17) is 4.74 Å². The third-order valence-corrected chi connectivity index (χ3v) is 1.90. The van der Waals surface area contributed by atoms with Gasteiger partial charge in [-0.05, 0) is 6.92 Å². The molecule has 1 aromatic rings. The fourth-order valence-electron chi connectivity index (χ4n) is 1.19. The molecule has 7 nitrogen and oxygen atoms in total. The van der Waals surface area contributed by atoms with Crippen LogP contribution in [0.4, 0.5) is 5.69 Å². The molecule has 2 N–H and O–H groups in total. The summed E-state index contributed by atoms with van der Waals surface area (Å²) >= 11 is 0. The average molecular weight is 228 g/mol. The predicted molar refractivity (Wildman–Crippen MR) is 54.4 cm³/mol. The van der Waals surface area contributed by atoms with Crippen LogP contribution in [0.25, 0.3) is 0 Å². The molecule has 0 amide bonds. The van der Waals surface area contributed by atoms with Gasteiger partial charge in [-0.25, -0.2) is 4.98 Å². The largest absolute Gasteiger partial charge is 0.502 e. The van der Waals surface area contributed by atoms with Crippen molar-refractivity contribution in [1.82, 2.24) is 4.98 Å². The van der Waals surface area contributed by atoms with E-state index in [1.165, 1.54) is 0 Å². The zero-order chi connectivity index (χ0) is 12.1. The summed E-state index contributed by atoms with van der Waals surface area (Å²) in [7, 11) is 0. The lowest BCUT2D eigenvalue weighted by atomic mass is 10.2. The summed E-state index contributed by atoms with van der Waals surface area (Å²) in [5, 5.41) is 29.0. The number of ether oxygens (including phenoxy) is 1. The van der Waals surface area contributed by atoms with Gasteiger partial charge in [-0.2, -0.15) is 0 Å². The molecule has 0 aliphatic carbocycles. The van der Waals surface area contributed by atoms with E-state index in [1.807, 2.05) is 6.92 Å². The topological polar surface area (TPSA) is 106 Å². The summed E-state index contributed by atoms with van der Waals surface area (Å²) in [6, 6.07) is 1.15. The second-order valence-corrected chi connectivity index (χ2v) is 3.01. The van der Waals surface area contributed by atoms with Crippen LogP contribution in [0.2, 0.25) is 0 Å². The van der Waals surface area contributed by atoms with Crippen LogP contribution >= 0.6 is 0 Å². The van der Waals surface area contributed by atoms with Crippen molar-refractivity contribution < 1.29 is 19.9 Å². The van der Waals surface area contributed by atoms with Crippen molar-refractivity contribution in [2.75, 3.05) is 13.2 Å². The second kappa shape index (κ2) is 5.26. The van der Waals surface area contributed by atoms with Gasteiger partial charge in [-0.15, -0.1) is 0 Å². The molecule has 1 rings (SSSR count). The highest BCUT2D eigenvalue weighted by molar-refractivity contribution is 5.52. The van der Waals surface area contributed by atoms with Crippen LogP contribution < -0.4 is 0 Å². The molecule has 0 spiro atoms. The number of hydrogen-bond acceptors (Lipinski definition) is 6. The van der Waals surface area contributed by atoms with Gasteiger partial charge in [0.1, 0.15) is 0 Å². The van der Waals surface area contributed by atoms with E-state index in [0.29, 0.717) is 25.3 Å². The average Bonchev–Trinajstić information content (AvgIpc) is 2.16. The molecule has 1 aromatic heterocycles. The maximum Gasteiger partial charge on any atom is 0.371 e. The number of hydrogen-bond donors (Lipinski definition) is 2. The molecule has 1 heterocycles. The van der Waals surface area contributed by atoms with Crippen molar-refractivity contribution >= 4 is 5.69 Å². The maximum atomic E-state index is 10.4. The van der Waals surface area contributed by atoms with Gasteiger partial charge in [0.2, 0.25) is 5.75 Å². The second-order valence-electron chi connectivity index (χ2n) is 3.01. The molecule has 88 valence electrons. The standard InChI is InChI=1S/C9H12N2O5/c1-2-16-4-3-6-5-7(12)8(11(14)15)9(13)10-6/h5H,2-4H2,1H3,(H2,10,12,13). The summed E-state index contributed by atoms with van der Waals surface area (Å²) in [6.45, 7) is 2.75. The third kappa shape index (κ3) is 2.80. The van der Waals surface area contributed by atoms with E-state index in [-0.39, 0.29) is 0 Å². The summed E-state index contributed by atoms with van der Waals surface area (Å²) in [6.07, 6.45) is 0.368. The van der Waals surface area contributed by atoms with E-state index in [0.717, 1.165) is 6.07 Å². The lowest BCUT2D eigenvalue weighted by Gasteiger charge is -2.03. The summed E-state index contributed by atoms with van der Waals surface area (Å²) < 4.78 is 5.06. The molecular formula is C9H12N2O5. The van der Waals surface area contributed by atoms with Crippen LogP contribution in [-0.4, -0.2) is 33.3 Å². The van der Waals surface area contributed by atoms with Gasteiger partial charge >= 0.3 is 5.69 Å². The van der Waals surface area contributed by atoms with E-state index in [9.17, 15) is 20.3 Å². The molecule has 0 saturated heterocycles. The zero-order valence-corrected chi connectivity index (χ0v) is 8.71. The van der Waals surface area contributed by atoms with E-state index < -0.39 is 22.2 Å². The first-order chi connectivity index (χ1) is 7.56. The van der Waals surface area contributed by atoms with Crippen molar-refractivity contribution in [3.63, 3.8) is 0 Å². The smallest absolute Gasteiger partial charge is 0.371 e. The Morgan fingerprint density at radius 2 is 2.25 bits per heavy atom. The van der Waals surface area contributed by atoms with Gasteiger partial charge in [0, 0.05) is 19.1 Å². The highest BCUT2D eigenvalue weighted by Gasteiger charge is 2.22. The van der Waals surface area contributed by atoms with Crippen LogP contribution in [0.1, 0.15) is 12.6 Å². The molecule has 0 unspecified atom stereocenters. The fraction of sp³-hybridized carbons (Fsp3) is 0.444. The van der Waals surface area contributed by atoms with Crippen molar-refractivity contribution in [1.29, 1.82) is 0 Å². The maximum absolute atomic E-state index is 10.4. The van der Waals surface area contributed by atoms with Gasteiger partial charge in [0.05, 0.1) is 17.2 Å². The highest BCUT2D eigenvalue weighted by Crippen LogP contribution is 2.33. The number of pyridine rings is 1. The minimum Gasteiger partial charge on any atom is -0.502 e. The van der Waals surface area contributed by atoms with Crippen LogP contribution in [0.3, 0.4) is 0 Å². The SMILES string of the molecule is CCOCCc1cc(O)c([N+](=O)[O-])c(O)n1. The van der Waals surface area contributed by atoms with Crippen LogP contribution in [0.15, 0.2) is 6.07 Å². The molecule has 0 saturated carbocycles. The lowest BCUT2D eigenvalue weighted by molar-refractivity contribution is -0.387. The first-order valence-corrected chi connectivity index (χ1v) is 4.70. The van der Waals surface area contributed by atoms with Gasteiger partial charge in [0.25, 0.3) is 5.88 Å². The summed E-state index contributed by atoms with van der Waals surface area (Å²) in [5.41, 5.74) is -0.436. The molecule has 7 heteroatoms. The normalized spacial score (nSPS) is 10.3. The molecule has 0 aromatic carbocycles. The van der Waals surface area contributed by atoms with E-state index >= 15 is 0 Å². The molecule has 16 heavy (non-hydrogen) atoms. The Morgan fingerprint density at radius 1 is 1.56 bits per heavy atom. The van der Waals surface area contributed by atoms with Crippen LogP contribution in [-0.2, 0) is 11.2 Å². The molecule has 0 bridgehead atoms. The van der Waals surface area contributed by atoms with Crippen molar-refractivity contribution in [2.45, 2.75) is 13.3 Å². The Labute approximate surface area is 91.5 Å². The fourth-order valence-corrected chi connectivity index (χ4v) is 1.19. The van der Waals surface area contributed by atoms with Crippen molar-refractivity contribution in [3.8, 4) is 11.6 Å². The number of nitrogens with zero attached hydrogens (tertiary/aromatic N) is 2. The molecule has 0 aliphatic rings. The van der Waals surface area contributed by atoms with E-state index in [2.05, 4.69) is 4.98 Å². The van der Waals surface area contributed by atoms with E-state index in [1.54, 1.807) is 0 Å². The first kappa shape index (κ1) is 12.2.